The minimum atomic E-state index is -0.461. The highest BCUT2D eigenvalue weighted by Gasteiger charge is 2.28. The molecule has 0 radical (unpaired) electrons. The molecule has 1 N–H and O–H groups in total. The highest BCUT2D eigenvalue weighted by molar-refractivity contribution is 5.99. The monoisotopic (exact) mass is 478 g/mol. The molecule has 2 aliphatic rings. The summed E-state index contributed by atoms with van der Waals surface area (Å²) in [6, 6.07) is 8.62. The molecule has 1 aliphatic carbocycles. The fourth-order valence-electron chi connectivity index (χ4n) is 5.07. The number of pyridine rings is 1. The zero-order valence-corrected chi connectivity index (χ0v) is 21.1. The van der Waals surface area contributed by atoms with Crippen molar-refractivity contribution < 1.29 is 9.59 Å². The van der Waals surface area contributed by atoms with Crippen molar-refractivity contribution in [2.45, 2.75) is 64.8 Å². The van der Waals surface area contributed by atoms with Crippen LogP contribution < -0.4 is 15.6 Å². The number of anilines is 1. The van der Waals surface area contributed by atoms with Gasteiger partial charge in [0.25, 0.3) is 11.8 Å². The fourth-order valence-corrected chi connectivity index (χ4v) is 5.07. The largest absolute Gasteiger partial charge is 0.368 e. The average Bonchev–Trinajstić information content (AvgIpc) is 2.89. The molecule has 4 rings (SSSR count). The third-order valence-electron chi connectivity index (χ3n) is 7.30. The lowest BCUT2D eigenvalue weighted by atomic mass is 9.95. The predicted octanol–water partition coefficient (Wildman–Crippen LogP) is 4.15. The van der Waals surface area contributed by atoms with Crippen LogP contribution in [0.2, 0.25) is 0 Å². The van der Waals surface area contributed by atoms with Crippen molar-refractivity contribution in [3.05, 3.63) is 63.6 Å². The van der Waals surface area contributed by atoms with Gasteiger partial charge in [-0.25, -0.2) is 0 Å². The molecule has 0 spiro atoms. The molecule has 2 heterocycles. The number of unbranched alkanes of at least 4 members (excludes halogenated alkanes) is 1. The molecule has 1 saturated heterocycles. The zero-order chi connectivity index (χ0) is 24.8. The molecule has 2 fully saturated rings. The van der Waals surface area contributed by atoms with Crippen molar-refractivity contribution in [3.8, 4) is 0 Å². The standard InChI is InChI=1S/C28H38N4O3/c1-3-4-14-29-27(34)24-19-32(22-8-6-5-7-9-22)20-25(26(24)33)28(35)31-17-15-30(16-18-31)23-12-10-21(2)11-13-23/h10-13,19-20,22H,3-9,14-18H2,1-2H3,(H,29,34). The van der Waals surface area contributed by atoms with Gasteiger partial charge < -0.3 is 19.7 Å². The SMILES string of the molecule is CCCCNC(=O)c1cn(C2CCCCC2)cc(C(=O)N2CCN(c3ccc(C)cc3)CC2)c1=O. The smallest absolute Gasteiger partial charge is 0.259 e. The minimum Gasteiger partial charge on any atom is -0.368 e. The number of carbonyl (C=O) groups is 2. The van der Waals surface area contributed by atoms with Crippen LogP contribution in [0.3, 0.4) is 0 Å². The predicted molar refractivity (Wildman–Crippen MR) is 139 cm³/mol. The summed E-state index contributed by atoms with van der Waals surface area (Å²) in [5.74, 6) is -0.654. The number of amides is 2. The molecule has 0 bridgehead atoms. The number of hydrogen-bond donors (Lipinski definition) is 1. The molecule has 35 heavy (non-hydrogen) atoms. The molecule has 7 nitrogen and oxygen atoms in total. The van der Waals surface area contributed by atoms with E-state index in [-0.39, 0.29) is 29.0 Å². The van der Waals surface area contributed by atoms with Crippen molar-refractivity contribution >= 4 is 17.5 Å². The van der Waals surface area contributed by atoms with Crippen molar-refractivity contribution in [1.82, 2.24) is 14.8 Å². The Labute approximate surface area is 208 Å². The zero-order valence-electron chi connectivity index (χ0n) is 21.1. The van der Waals surface area contributed by atoms with Crippen LogP contribution in [0.25, 0.3) is 0 Å². The highest BCUT2D eigenvalue weighted by atomic mass is 16.2. The molecule has 1 aromatic heterocycles. The Morgan fingerprint density at radius 1 is 0.943 bits per heavy atom. The third-order valence-corrected chi connectivity index (χ3v) is 7.30. The maximum atomic E-state index is 13.5. The first-order chi connectivity index (χ1) is 17.0. The van der Waals surface area contributed by atoms with E-state index in [4.69, 9.17) is 0 Å². The van der Waals surface area contributed by atoms with E-state index >= 15 is 0 Å². The summed E-state index contributed by atoms with van der Waals surface area (Å²) in [4.78, 5) is 43.8. The molecule has 0 atom stereocenters. The first-order valence-electron chi connectivity index (χ1n) is 13.1. The summed E-state index contributed by atoms with van der Waals surface area (Å²) in [6.45, 7) is 7.16. The van der Waals surface area contributed by atoms with Crippen LogP contribution in [0.15, 0.2) is 41.5 Å². The number of nitrogens with one attached hydrogen (secondary N) is 1. The number of piperazine rings is 1. The van der Waals surface area contributed by atoms with Crippen molar-refractivity contribution in [1.29, 1.82) is 0 Å². The molecule has 1 aliphatic heterocycles. The lowest BCUT2D eigenvalue weighted by molar-refractivity contribution is 0.0744. The first-order valence-corrected chi connectivity index (χ1v) is 13.1. The summed E-state index contributed by atoms with van der Waals surface area (Å²) in [5.41, 5.74) is 2.10. The third kappa shape index (κ3) is 5.95. The average molecular weight is 479 g/mol. The number of nitrogens with zero attached hydrogens (tertiary/aromatic N) is 3. The Hall–Kier alpha value is -3.09. The molecule has 2 aromatic rings. The lowest BCUT2D eigenvalue weighted by Crippen LogP contribution is -2.50. The summed E-state index contributed by atoms with van der Waals surface area (Å²) in [5, 5.41) is 2.86. The van der Waals surface area contributed by atoms with Gasteiger partial charge in [0.1, 0.15) is 11.1 Å². The Morgan fingerprint density at radius 2 is 1.60 bits per heavy atom. The van der Waals surface area contributed by atoms with Gasteiger partial charge in [-0.15, -0.1) is 0 Å². The van der Waals surface area contributed by atoms with Gasteiger partial charge in [-0.05, 0) is 38.3 Å². The minimum absolute atomic E-state index is 0.0795. The van der Waals surface area contributed by atoms with E-state index in [1.165, 1.54) is 12.0 Å². The van der Waals surface area contributed by atoms with Crippen molar-refractivity contribution in [3.63, 3.8) is 0 Å². The van der Waals surface area contributed by atoms with Crippen LogP contribution in [0.1, 0.15) is 84.2 Å². The van der Waals surface area contributed by atoms with Crippen LogP contribution in [0.4, 0.5) is 5.69 Å². The van der Waals surface area contributed by atoms with Crippen molar-refractivity contribution in [2.75, 3.05) is 37.6 Å². The second kappa shape index (κ2) is 11.6. The second-order valence-corrected chi connectivity index (χ2v) is 9.88. The van der Waals surface area contributed by atoms with E-state index in [2.05, 4.69) is 48.3 Å². The van der Waals surface area contributed by atoms with E-state index in [1.807, 2.05) is 4.57 Å². The molecular formula is C28H38N4O3. The topological polar surface area (TPSA) is 74.7 Å². The lowest BCUT2D eigenvalue weighted by Gasteiger charge is -2.36. The summed E-state index contributed by atoms with van der Waals surface area (Å²) in [7, 11) is 0. The van der Waals surface area contributed by atoms with Crippen LogP contribution in [-0.2, 0) is 0 Å². The quantitative estimate of drug-likeness (QED) is 0.607. The molecule has 0 unspecified atom stereocenters. The second-order valence-electron chi connectivity index (χ2n) is 9.88. The van der Waals surface area contributed by atoms with E-state index in [0.29, 0.717) is 32.7 Å². The van der Waals surface area contributed by atoms with Crippen molar-refractivity contribution in [2.24, 2.45) is 0 Å². The Balaban J connectivity index is 1.55. The maximum absolute atomic E-state index is 13.5. The van der Waals surface area contributed by atoms with E-state index in [1.54, 1.807) is 17.3 Å². The van der Waals surface area contributed by atoms with Crippen LogP contribution in [-0.4, -0.2) is 54.0 Å². The Morgan fingerprint density at radius 3 is 2.26 bits per heavy atom. The van der Waals surface area contributed by atoms with Gasteiger partial charge in [0.15, 0.2) is 0 Å². The van der Waals surface area contributed by atoms with E-state index in [0.717, 1.165) is 44.2 Å². The molecule has 7 heteroatoms. The molecule has 188 valence electrons. The van der Waals surface area contributed by atoms with Crippen LogP contribution in [0, 0.1) is 6.92 Å². The Bertz CT molecular complexity index is 1080. The first kappa shape index (κ1) is 25.0. The van der Waals surface area contributed by atoms with Gasteiger partial charge in [-0.2, -0.15) is 0 Å². The maximum Gasteiger partial charge on any atom is 0.259 e. The van der Waals surface area contributed by atoms with E-state index < -0.39 is 5.43 Å². The number of hydrogen-bond acceptors (Lipinski definition) is 4. The molecule has 1 saturated carbocycles. The Kier molecular flexibility index (Phi) is 8.26. The number of carbonyl (C=O) groups excluding carboxylic acids is 2. The molecule has 1 aromatic carbocycles. The molecular weight excluding hydrogens is 440 g/mol. The molecule has 2 amide bonds. The summed E-state index contributed by atoms with van der Waals surface area (Å²) in [6.07, 6.45) is 10.6. The highest BCUT2D eigenvalue weighted by Crippen LogP contribution is 2.28. The summed E-state index contributed by atoms with van der Waals surface area (Å²) < 4.78 is 1.96. The number of aromatic nitrogens is 1. The van der Waals surface area contributed by atoms with Gasteiger partial charge in [-0.3, -0.25) is 14.4 Å². The number of benzene rings is 1. The van der Waals surface area contributed by atoms with E-state index in [9.17, 15) is 14.4 Å². The van der Waals surface area contributed by atoms with Gasteiger partial charge >= 0.3 is 0 Å². The van der Waals surface area contributed by atoms with Gasteiger partial charge in [-0.1, -0.05) is 50.3 Å². The van der Waals surface area contributed by atoms with Crippen LogP contribution >= 0.6 is 0 Å². The number of rotatable bonds is 7. The van der Waals surface area contributed by atoms with Crippen LogP contribution in [0.5, 0.6) is 0 Å². The van der Waals surface area contributed by atoms with Gasteiger partial charge in [0.2, 0.25) is 5.43 Å². The number of aryl methyl sites for hydroxylation is 1. The van der Waals surface area contributed by atoms with Gasteiger partial charge in [0, 0.05) is 56.8 Å². The van der Waals surface area contributed by atoms with Gasteiger partial charge in [0.05, 0.1) is 0 Å². The fraction of sp³-hybridized carbons (Fsp3) is 0.536. The summed E-state index contributed by atoms with van der Waals surface area (Å²) >= 11 is 0. The normalized spacial score (nSPS) is 16.9.